The van der Waals surface area contributed by atoms with Gasteiger partial charge in [-0.3, -0.25) is 4.98 Å². The molecule has 0 spiro atoms. The Labute approximate surface area is 124 Å². The van der Waals surface area contributed by atoms with E-state index in [1.165, 1.54) is 5.56 Å². The fourth-order valence-electron chi connectivity index (χ4n) is 2.11. The van der Waals surface area contributed by atoms with E-state index in [2.05, 4.69) is 27.2 Å². The van der Waals surface area contributed by atoms with Crippen molar-refractivity contribution in [1.82, 2.24) is 20.3 Å². The Morgan fingerprint density at radius 2 is 1.85 bits per heavy atom. The van der Waals surface area contributed by atoms with Crippen molar-refractivity contribution in [2.24, 2.45) is 0 Å². The highest BCUT2D eigenvalue weighted by atomic mass is 35.5. The molecule has 0 bridgehead atoms. The third-order valence-electron chi connectivity index (χ3n) is 3.18. The second kappa shape index (κ2) is 6.77. The number of likely N-dealkylation sites (N-methyl/N-ethyl adjacent to an activating group) is 1. The number of aryl methyl sites for hydroxylation is 2. The first-order chi connectivity index (χ1) is 9.61. The Bertz CT molecular complexity index is 558. The minimum absolute atomic E-state index is 0.615. The van der Waals surface area contributed by atoms with Gasteiger partial charge in [0.15, 0.2) is 5.82 Å². The van der Waals surface area contributed by atoms with E-state index in [9.17, 15) is 0 Å². The molecule has 0 unspecified atom stereocenters. The largest absolute Gasteiger partial charge is 0.317 e. The summed E-state index contributed by atoms with van der Waals surface area (Å²) in [7, 11) is 0. The summed E-state index contributed by atoms with van der Waals surface area (Å²) in [6, 6.07) is 3.64. The van der Waals surface area contributed by atoms with Crippen molar-refractivity contribution in [1.29, 1.82) is 0 Å². The van der Waals surface area contributed by atoms with Gasteiger partial charge in [-0.2, -0.15) is 0 Å². The van der Waals surface area contributed by atoms with Crippen molar-refractivity contribution in [3.63, 3.8) is 0 Å². The summed E-state index contributed by atoms with van der Waals surface area (Å²) in [5, 5.41) is 3.94. The van der Waals surface area contributed by atoms with E-state index in [-0.39, 0.29) is 0 Å². The molecule has 0 aliphatic heterocycles. The van der Waals surface area contributed by atoms with Crippen LogP contribution in [0.1, 0.15) is 23.9 Å². The van der Waals surface area contributed by atoms with Crippen molar-refractivity contribution in [3.05, 3.63) is 40.3 Å². The summed E-state index contributed by atoms with van der Waals surface area (Å²) in [4.78, 5) is 13.4. The zero-order valence-corrected chi connectivity index (χ0v) is 12.8. The average molecular weight is 291 g/mol. The fourth-order valence-corrected chi connectivity index (χ4v) is 2.23. The molecule has 2 rings (SSSR count). The predicted octanol–water partition coefficient (Wildman–Crippen LogP) is 2.96. The summed E-state index contributed by atoms with van der Waals surface area (Å²) in [6.45, 7) is 8.07. The van der Waals surface area contributed by atoms with Crippen molar-refractivity contribution >= 4 is 11.6 Å². The zero-order valence-electron chi connectivity index (χ0n) is 12.1. The lowest BCUT2D eigenvalue weighted by atomic mass is 10.1. The van der Waals surface area contributed by atoms with E-state index < -0.39 is 0 Å². The summed E-state index contributed by atoms with van der Waals surface area (Å²) < 4.78 is 0. The quantitative estimate of drug-likeness (QED) is 0.860. The van der Waals surface area contributed by atoms with Gasteiger partial charge in [-0.15, -0.1) is 0 Å². The molecule has 0 aliphatic carbocycles. The van der Waals surface area contributed by atoms with Crippen LogP contribution >= 0.6 is 11.6 Å². The second-order valence-corrected chi connectivity index (χ2v) is 5.10. The molecular weight excluding hydrogens is 272 g/mol. The van der Waals surface area contributed by atoms with Crippen LogP contribution in [-0.2, 0) is 6.42 Å². The van der Waals surface area contributed by atoms with E-state index in [0.29, 0.717) is 10.8 Å². The van der Waals surface area contributed by atoms with Gasteiger partial charge in [-0.1, -0.05) is 18.5 Å². The maximum absolute atomic E-state index is 5.85. The minimum atomic E-state index is 0.615. The molecule has 0 amide bonds. The third kappa shape index (κ3) is 3.52. The van der Waals surface area contributed by atoms with E-state index >= 15 is 0 Å². The van der Waals surface area contributed by atoms with Gasteiger partial charge in [-0.05, 0) is 51.1 Å². The Kier molecular flexibility index (Phi) is 5.04. The maximum Gasteiger partial charge on any atom is 0.178 e. The zero-order chi connectivity index (χ0) is 14.5. The molecule has 0 saturated carbocycles. The van der Waals surface area contributed by atoms with E-state index in [1.807, 2.05) is 19.9 Å². The van der Waals surface area contributed by atoms with Crippen LogP contribution in [0.5, 0.6) is 0 Å². The monoisotopic (exact) mass is 290 g/mol. The molecular formula is C15H19ClN4. The standard InChI is InChI=1S/C15H19ClN4/c1-4-17-8-7-13-10(2)19-15(20-11(13)3)14-6-5-12(16)9-18-14/h5-6,9,17H,4,7-8H2,1-3H3. The minimum Gasteiger partial charge on any atom is -0.317 e. The normalized spacial score (nSPS) is 10.8. The van der Waals surface area contributed by atoms with Crippen molar-refractivity contribution in [2.45, 2.75) is 27.2 Å². The Morgan fingerprint density at radius 1 is 1.15 bits per heavy atom. The van der Waals surface area contributed by atoms with Gasteiger partial charge < -0.3 is 5.32 Å². The SMILES string of the molecule is CCNCCc1c(C)nc(-c2ccc(Cl)cn2)nc1C. The fraction of sp³-hybridized carbons (Fsp3) is 0.400. The molecule has 1 N–H and O–H groups in total. The van der Waals surface area contributed by atoms with Crippen LogP contribution in [0.4, 0.5) is 0 Å². The molecule has 4 nitrogen and oxygen atoms in total. The van der Waals surface area contributed by atoms with Crippen LogP contribution in [0.3, 0.4) is 0 Å². The van der Waals surface area contributed by atoms with Crippen LogP contribution in [0.15, 0.2) is 18.3 Å². The summed E-state index contributed by atoms with van der Waals surface area (Å²) in [5.41, 5.74) is 3.99. The van der Waals surface area contributed by atoms with Crippen molar-refractivity contribution in [3.8, 4) is 11.5 Å². The molecule has 2 aromatic rings. The number of hydrogen-bond acceptors (Lipinski definition) is 4. The number of halogens is 1. The van der Waals surface area contributed by atoms with Gasteiger partial charge in [0.05, 0.1) is 5.02 Å². The van der Waals surface area contributed by atoms with E-state index in [0.717, 1.165) is 36.6 Å². The molecule has 0 radical (unpaired) electrons. The number of rotatable bonds is 5. The average Bonchev–Trinajstić information content (AvgIpc) is 2.42. The summed E-state index contributed by atoms with van der Waals surface area (Å²) in [6.07, 6.45) is 2.56. The second-order valence-electron chi connectivity index (χ2n) is 4.66. The summed E-state index contributed by atoms with van der Waals surface area (Å²) in [5.74, 6) is 0.656. The number of hydrogen-bond donors (Lipinski definition) is 1. The molecule has 2 aromatic heterocycles. The van der Waals surface area contributed by atoms with Gasteiger partial charge in [-0.25, -0.2) is 9.97 Å². The highest BCUT2D eigenvalue weighted by Crippen LogP contribution is 2.18. The topological polar surface area (TPSA) is 50.7 Å². The first-order valence-electron chi connectivity index (χ1n) is 6.78. The van der Waals surface area contributed by atoms with Crippen LogP contribution in [-0.4, -0.2) is 28.0 Å². The maximum atomic E-state index is 5.85. The lowest BCUT2D eigenvalue weighted by Crippen LogP contribution is -2.17. The van der Waals surface area contributed by atoms with Gasteiger partial charge in [0.2, 0.25) is 0 Å². The Hall–Kier alpha value is -1.52. The van der Waals surface area contributed by atoms with Gasteiger partial charge in [0, 0.05) is 17.6 Å². The lowest BCUT2D eigenvalue weighted by molar-refractivity contribution is 0.708. The molecule has 20 heavy (non-hydrogen) atoms. The number of pyridine rings is 1. The number of nitrogens with one attached hydrogen (secondary N) is 1. The molecule has 2 heterocycles. The lowest BCUT2D eigenvalue weighted by Gasteiger charge is -2.11. The Balaban J connectivity index is 2.27. The molecule has 0 aromatic carbocycles. The van der Waals surface area contributed by atoms with Crippen LogP contribution in [0.2, 0.25) is 5.02 Å². The molecule has 0 fully saturated rings. The molecule has 106 valence electrons. The first-order valence-corrected chi connectivity index (χ1v) is 7.16. The molecule has 0 saturated heterocycles. The van der Waals surface area contributed by atoms with E-state index in [1.54, 1.807) is 12.3 Å². The number of aromatic nitrogens is 3. The van der Waals surface area contributed by atoms with Crippen LogP contribution in [0, 0.1) is 13.8 Å². The third-order valence-corrected chi connectivity index (χ3v) is 3.40. The van der Waals surface area contributed by atoms with Gasteiger partial charge in [0.1, 0.15) is 5.69 Å². The molecule has 0 aliphatic rings. The summed E-state index contributed by atoms with van der Waals surface area (Å²) >= 11 is 5.85. The molecule has 0 atom stereocenters. The number of nitrogens with zero attached hydrogens (tertiary/aromatic N) is 3. The first kappa shape index (κ1) is 14.9. The highest BCUT2D eigenvalue weighted by Gasteiger charge is 2.10. The van der Waals surface area contributed by atoms with Crippen molar-refractivity contribution in [2.75, 3.05) is 13.1 Å². The van der Waals surface area contributed by atoms with Crippen LogP contribution < -0.4 is 5.32 Å². The van der Waals surface area contributed by atoms with Gasteiger partial charge >= 0.3 is 0 Å². The highest BCUT2D eigenvalue weighted by molar-refractivity contribution is 6.30. The Morgan fingerprint density at radius 3 is 2.40 bits per heavy atom. The smallest absolute Gasteiger partial charge is 0.178 e. The predicted molar refractivity (Wildman–Crippen MR) is 82.0 cm³/mol. The van der Waals surface area contributed by atoms with Gasteiger partial charge in [0.25, 0.3) is 0 Å². The van der Waals surface area contributed by atoms with Crippen LogP contribution in [0.25, 0.3) is 11.5 Å². The van der Waals surface area contributed by atoms with Crippen molar-refractivity contribution < 1.29 is 0 Å². The van der Waals surface area contributed by atoms with E-state index in [4.69, 9.17) is 11.6 Å². The molecule has 5 heteroatoms.